The Morgan fingerprint density at radius 1 is 1.24 bits per heavy atom. The van der Waals surface area contributed by atoms with E-state index in [1.165, 1.54) is 12.1 Å². The van der Waals surface area contributed by atoms with Crippen LogP contribution in [0, 0.1) is 5.82 Å². The number of imidazole rings is 1. The molecule has 1 saturated heterocycles. The fourth-order valence-corrected chi connectivity index (χ4v) is 5.43. The summed E-state index contributed by atoms with van der Waals surface area (Å²) in [4.78, 5) is 26.5. The minimum absolute atomic E-state index is 0.156. The third-order valence-electron chi connectivity index (χ3n) is 7.13. The van der Waals surface area contributed by atoms with Gasteiger partial charge in [-0.25, -0.2) is 14.4 Å². The van der Waals surface area contributed by atoms with E-state index in [0.717, 1.165) is 47.6 Å². The summed E-state index contributed by atoms with van der Waals surface area (Å²) >= 11 is 0. The number of carbonyl (C=O) groups excluding carboxylic acids is 1. The number of nitrogens with zero attached hydrogens (tertiary/aromatic N) is 5. The highest BCUT2D eigenvalue weighted by molar-refractivity contribution is 6.06. The van der Waals surface area contributed by atoms with Crippen molar-refractivity contribution in [1.29, 1.82) is 0 Å². The maximum Gasteiger partial charge on any atom is 0.254 e. The van der Waals surface area contributed by atoms with Crippen molar-refractivity contribution < 1.29 is 14.3 Å². The molecular formula is C28H30FN7O2. The summed E-state index contributed by atoms with van der Waals surface area (Å²) in [7, 11) is 4.00. The molecule has 1 aromatic carbocycles. The number of aliphatic hydroxyl groups is 1. The van der Waals surface area contributed by atoms with Crippen LogP contribution in [0.5, 0.6) is 0 Å². The van der Waals surface area contributed by atoms with Crippen LogP contribution < -0.4 is 15.5 Å². The summed E-state index contributed by atoms with van der Waals surface area (Å²) in [5.74, 6) is 0.139. The topological polar surface area (TPSA) is 98.0 Å². The summed E-state index contributed by atoms with van der Waals surface area (Å²) in [6.45, 7) is 2.52. The first-order chi connectivity index (χ1) is 18.4. The molecule has 0 radical (unpaired) electrons. The van der Waals surface area contributed by atoms with Gasteiger partial charge in [-0.2, -0.15) is 0 Å². The second-order valence-corrected chi connectivity index (χ2v) is 10.2. The summed E-state index contributed by atoms with van der Waals surface area (Å²) in [5.41, 5.74) is 6.18. The first-order valence-electron chi connectivity index (χ1n) is 12.8. The second kappa shape index (κ2) is 9.70. The Labute approximate surface area is 219 Å². The predicted molar refractivity (Wildman–Crippen MR) is 144 cm³/mol. The van der Waals surface area contributed by atoms with Gasteiger partial charge in [-0.15, -0.1) is 0 Å². The van der Waals surface area contributed by atoms with Crippen molar-refractivity contribution in [3.8, 4) is 11.3 Å². The summed E-state index contributed by atoms with van der Waals surface area (Å²) < 4.78 is 15.5. The summed E-state index contributed by atoms with van der Waals surface area (Å²) in [6.07, 6.45) is 4.78. The van der Waals surface area contributed by atoms with E-state index >= 15 is 0 Å². The van der Waals surface area contributed by atoms with E-state index in [1.807, 2.05) is 42.8 Å². The fourth-order valence-electron chi connectivity index (χ4n) is 5.43. The van der Waals surface area contributed by atoms with E-state index in [9.17, 15) is 14.3 Å². The number of β-amino-alcohol motifs (C(OH)–C–C–N with tert-alkyl or cyclic N) is 1. The van der Waals surface area contributed by atoms with Crippen LogP contribution in [0.1, 0.15) is 34.5 Å². The Hall–Kier alpha value is -4.02. The lowest BCUT2D eigenvalue weighted by molar-refractivity contribution is 0.0966. The molecule has 0 spiro atoms. The maximum absolute atomic E-state index is 13.7. The fraction of sp³-hybridized carbons (Fsp3) is 0.321. The smallest absolute Gasteiger partial charge is 0.254 e. The molecule has 2 aliphatic rings. The number of benzene rings is 1. The number of pyridine rings is 2. The van der Waals surface area contributed by atoms with Crippen molar-refractivity contribution >= 4 is 28.7 Å². The lowest BCUT2D eigenvalue weighted by Gasteiger charge is -2.33. The number of rotatable bonds is 6. The van der Waals surface area contributed by atoms with Crippen LogP contribution in [0.3, 0.4) is 0 Å². The number of hydrogen-bond acceptors (Lipinski definition) is 7. The third-order valence-corrected chi connectivity index (χ3v) is 7.13. The molecule has 0 saturated carbocycles. The van der Waals surface area contributed by atoms with Crippen molar-refractivity contribution in [2.24, 2.45) is 0 Å². The van der Waals surface area contributed by atoms with Gasteiger partial charge < -0.3 is 25.5 Å². The lowest BCUT2D eigenvalue weighted by atomic mass is 9.99. The highest BCUT2D eigenvalue weighted by atomic mass is 19.1. The molecular weight excluding hydrogens is 485 g/mol. The molecule has 0 bridgehead atoms. The van der Waals surface area contributed by atoms with Gasteiger partial charge in [0.15, 0.2) is 0 Å². The van der Waals surface area contributed by atoms with E-state index < -0.39 is 0 Å². The van der Waals surface area contributed by atoms with Gasteiger partial charge in [0.1, 0.15) is 17.3 Å². The van der Waals surface area contributed by atoms with Crippen LogP contribution in [0.15, 0.2) is 48.8 Å². The van der Waals surface area contributed by atoms with Crippen LogP contribution in [0.4, 0.5) is 21.6 Å². The lowest BCUT2D eigenvalue weighted by Crippen LogP contribution is -2.39. The Kier molecular flexibility index (Phi) is 6.21. The van der Waals surface area contributed by atoms with Crippen molar-refractivity contribution in [3.63, 3.8) is 0 Å². The second-order valence-electron chi connectivity index (χ2n) is 10.2. The standard InChI is InChI=1S/C28H30FN7O2/c1-34(2)16-22-23(35-10-3-4-18(37)15-35)7-8-25(33-22)32-21-6-5-19(20-13-31-28(38)27(20)21)24-14-30-26-12-17(29)9-11-36(24)26/h5-9,11-12,14,18,37H,3-4,10,13,15-16H2,1-2H3,(H,31,38)(H,32,33)/t18-/m0/s1. The van der Waals surface area contributed by atoms with Gasteiger partial charge in [-0.3, -0.25) is 9.20 Å². The Balaban J connectivity index is 1.36. The molecule has 2 aliphatic heterocycles. The van der Waals surface area contributed by atoms with Crippen molar-refractivity contribution in [2.45, 2.75) is 32.0 Å². The molecule has 6 rings (SSSR count). The zero-order valence-electron chi connectivity index (χ0n) is 21.4. The molecule has 3 aromatic heterocycles. The van der Waals surface area contributed by atoms with Crippen molar-refractivity contribution in [1.82, 2.24) is 24.6 Å². The first-order valence-corrected chi connectivity index (χ1v) is 12.8. The third kappa shape index (κ3) is 4.46. The van der Waals surface area contributed by atoms with E-state index in [4.69, 9.17) is 4.98 Å². The van der Waals surface area contributed by atoms with Crippen LogP contribution in [-0.2, 0) is 13.1 Å². The zero-order valence-corrected chi connectivity index (χ0v) is 21.4. The number of halogens is 1. The summed E-state index contributed by atoms with van der Waals surface area (Å²) in [5, 5.41) is 16.5. The number of fused-ring (bicyclic) bond motifs is 2. The molecule has 4 aromatic rings. The number of nitrogens with one attached hydrogen (secondary N) is 2. The zero-order chi connectivity index (χ0) is 26.4. The normalized spacial score (nSPS) is 17.2. The highest BCUT2D eigenvalue weighted by Crippen LogP contribution is 2.36. The molecule has 9 nitrogen and oxygen atoms in total. The minimum atomic E-state index is -0.347. The monoisotopic (exact) mass is 515 g/mol. The minimum Gasteiger partial charge on any atom is -0.391 e. The van der Waals surface area contributed by atoms with Gasteiger partial charge in [0.25, 0.3) is 5.91 Å². The van der Waals surface area contributed by atoms with Crippen LogP contribution in [0.2, 0.25) is 0 Å². The molecule has 5 heterocycles. The molecule has 0 unspecified atom stereocenters. The van der Waals surface area contributed by atoms with Gasteiger partial charge >= 0.3 is 0 Å². The number of aliphatic hydroxyl groups excluding tert-OH is 1. The van der Waals surface area contributed by atoms with E-state index in [1.54, 1.807) is 12.4 Å². The number of anilines is 3. The van der Waals surface area contributed by atoms with E-state index in [0.29, 0.717) is 42.4 Å². The molecule has 3 N–H and O–H groups in total. The Morgan fingerprint density at radius 3 is 2.92 bits per heavy atom. The SMILES string of the molecule is CN(C)Cc1nc(Nc2ccc(-c3cnc4cc(F)ccn34)c3c2C(=O)NC3)ccc1N1CCC[C@H](O)C1. The van der Waals surface area contributed by atoms with Crippen molar-refractivity contribution in [3.05, 3.63) is 71.4 Å². The molecule has 1 fully saturated rings. The average Bonchev–Trinajstić information content (AvgIpc) is 3.48. The van der Waals surface area contributed by atoms with Gasteiger partial charge in [0, 0.05) is 44.0 Å². The molecule has 1 amide bonds. The molecule has 196 valence electrons. The molecule has 1 atom stereocenters. The molecule has 38 heavy (non-hydrogen) atoms. The molecule has 10 heteroatoms. The van der Waals surface area contributed by atoms with Crippen LogP contribution in [-0.4, -0.2) is 63.6 Å². The van der Waals surface area contributed by atoms with E-state index in [2.05, 4.69) is 25.4 Å². The van der Waals surface area contributed by atoms with Gasteiger partial charge in [0.05, 0.1) is 40.6 Å². The van der Waals surface area contributed by atoms with Crippen molar-refractivity contribution in [2.75, 3.05) is 37.4 Å². The first kappa shape index (κ1) is 24.3. The van der Waals surface area contributed by atoms with Gasteiger partial charge in [-0.1, -0.05) is 6.07 Å². The Bertz CT molecular complexity index is 1530. The Morgan fingerprint density at radius 2 is 2.11 bits per heavy atom. The quantitative estimate of drug-likeness (QED) is 0.361. The average molecular weight is 516 g/mol. The highest BCUT2D eigenvalue weighted by Gasteiger charge is 2.28. The number of amides is 1. The van der Waals surface area contributed by atoms with Crippen LogP contribution in [0.25, 0.3) is 16.9 Å². The largest absolute Gasteiger partial charge is 0.391 e. The van der Waals surface area contributed by atoms with E-state index in [-0.39, 0.29) is 17.8 Å². The van der Waals surface area contributed by atoms with Gasteiger partial charge in [-0.05, 0) is 56.8 Å². The van der Waals surface area contributed by atoms with Crippen LogP contribution >= 0.6 is 0 Å². The summed E-state index contributed by atoms with van der Waals surface area (Å²) in [6, 6.07) is 10.6. The predicted octanol–water partition coefficient (Wildman–Crippen LogP) is 3.55. The number of hydrogen-bond donors (Lipinski definition) is 3. The maximum atomic E-state index is 13.7. The number of piperidine rings is 1. The molecule has 0 aliphatic carbocycles. The number of aromatic nitrogens is 3. The van der Waals surface area contributed by atoms with Gasteiger partial charge in [0.2, 0.25) is 0 Å². The number of carbonyl (C=O) groups is 1.